The topological polar surface area (TPSA) is 82.2 Å². The molecule has 0 spiro atoms. The number of hydrogen-bond donors (Lipinski definition) is 3. The van der Waals surface area contributed by atoms with Crippen LogP contribution in [-0.4, -0.2) is 18.5 Å². The second kappa shape index (κ2) is 5.97. The minimum atomic E-state index is -3.73. The highest BCUT2D eigenvalue weighted by Crippen LogP contribution is 2.19. The molecule has 7 heteroatoms. The first-order valence-electron chi connectivity index (χ1n) is 6.40. The van der Waals surface area contributed by atoms with Gasteiger partial charge in [0.25, 0.3) is 0 Å². The number of aromatic nitrogens is 1. The number of benzene rings is 1. The number of hydrogen-bond acceptors (Lipinski definition) is 3. The van der Waals surface area contributed by atoms with Gasteiger partial charge in [-0.25, -0.2) is 17.5 Å². The van der Waals surface area contributed by atoms with E-state index < -0.39 is 16.1 Å². The first-order valence-corrected chi connectivity index (χ1v) is 7.88. The molecule has 1 heterocycles. The third-order valence-corrected chi connectivity index (χ3v) is 4.74. The molecule has 0 bridgehead atoms. The van der Waals surface area contributed by atoms with Crippen LogP contribution in [0.3, 0.4) is 0 Å². The average Bonchev–Trinajstić information content (AvgIpc) is 2.91. The van der Waals surface area contributed by atoms with Crippen LogP contribution < -0.4 is 4.72 Å². The molecule has 0 aliphatic heterocycles. The minimum Gasteiger partial charge on any atom is -0.390 e. The molecule has 0 fully saturated rings. The molecule has 5 nitrogen and oxygen atoms in total. The predicted molar refractivity (Wildman–Crippen MR) is 76.6 cm³/mol. The van der Waals surface area contributed by atoms with E-state index in [1.165, 1.54) is 18.3 Å². The van der Waals surface area contributed by atoms with Crippen molar-refractivity contribution in [3.8, 4) is 0 Å². The van der Waals surface area contributed by atoms with Crippen LogP contribution in [0.4, 0.5) is 4.39 Å². The zero-order valence-electron chi connectivity index (χ0n) is 11.7. The van der Waals surface area contributed by atoms with Crippen molar-refractivity contribution in [2.45, 2.75) is 31.4 Å². The molecule has 0 radical (unpaired) electrons. The molecule has 1 atom stereocenters. The molecule has 2 rings (SSSR count). The third kappa shape index (κ3) is 3.49. The highest BCUT2D eigenvalue weighted by molar-refractivity contribution is 7.89. The molecule has 1 aromatic heterocycles. The fraction of sp³-hybridized carbons (Fsp3) is 0.286. The summed E-state index contributed by atoms with van der Waals surface area (Å²) in [7, 11) is -3.73. The fourth-order valence-electron chi connectivity index (χ4n) is 1.91. The lowest BCUT2D eigenvalue weighted by molar-refractivity contribution is 0.277. The van der Waals surface area contributed by atoms with Gasteiger partial charge in [0.05, 0.1) is 11.5 Å². The van der Waals surface area contributed by atoms with Crippen molar-refractivity contribution in [1.82, 2.24) is 9.71 Å². The molecule has 114 valence electrons. The van der Waals surface area contributed by atoms with E-state index in [1.54, 1.807) is 26.0 Å². The number of aliphatic hydroxyl groups excluding tert-OH is 1. The van der Waals surface area contributed by atoms with Crippen LogP contribution in [0.2, 0.25) is 0 Å². The van der Waals surface area contributed by atoms with Gasteiger partial charge in [-0.05, 0) is 37.1 Å². The Labute approximate surface area is 122 Å². The molecule has 0 aliphatic carbocycles. The van der Waals surface area contributed by atoms with Crippen LogP contribution in [0.25, 0.3) is 0 Å². The molecule has 1 aromatic carbocycles. The van der Waals surface area contributed by atoms with E-state index in [2.05, 4.69) is 9.71 Å². The summed E-state index contributed by atoms with van der Waals surface area (Å²) in [5.41, 5.74) is 1.45. The second-order valence-corrected chi connectivity index (χ2v) is 6.58. The summed E-state index contributed by atoms with van der Waals surface area (Å²) < 4.78 is 40.4. The van der Waals surface area contributed by atoms with Crippen molar-refractivity contribution in [2.75, 3.05) is 0 Å². The Bertz CT molecular complexity index is 740. The molecule has 3 N–H and O–H groups in total. The number of rotatable bonds is 5. The number of halogens is 1. The van der Waals surface area contributed by atoms with Gasteiger partial charge < -0.3 is 10.1 Å². The Balaban J connectivity index is 2.21. The molecule has 0 aliphatic rings. The van der Waals surface area contributed by atoms with Gasteiger partial charge in [0.2, 0.25) is 10.0 Å². The summed E-state index contributed by atoms with van der Waals surface area (Å²) >= 11 is 0. The van der Waals surface area contributed by atoms with Crippen LogP contribution in [0.5, 0.6) is 0 Å². The Morgan fingerprint density at radius 3 is 2.67 bits per heavy atom. The lowest BCUT2D eigenvalue weighted by Crippen LogP contribution is -2.26. The van der Waals surface area contributed by atoms with Gasteiger partial charge in [-0.3, -0.25) is 0 Å². The van der Waals surface area contributed by atoms with Crippen LogP contribution >= 0.6 is 0 Å². The normalized spacial score (nSPS) is 13.3. The maximum Gasteiger partial charge on any atom is 0.242 e. The van der Waals surface area contributed by atoms with Crippen molar-refractivity contribution in [1.29, 1.82) is 0 Å². The van der Waals surface area contributed by atoms with Crippen molar-refractivity contribution in [3.05, 3.63) is 53.1 Å². The zero-order chi connectivity index (χ0) is 15.6. The number of aromatic amines is 1. The summed E-state index contributed by atoms with van der Waals surface area (Å²) in [5.74, 6) is -0.372. The van der Waals surface area contributed by atoms with E-state index in [0.29, 0.717) is 16.8 Å². The lowest BCUT2D eigenvalue weighted by atomic mass is 10.1. The van der Waals surface area contributed by atoms with Gasteiger partial charge in [0, 0.05) is 17.9 Å². The molecular formula is C14H17FN2O3S. The summed E-state index contributed by atoms with van der Waals surface area (Å²) in [6.07, 6.45) is 1.30. The lowest BCUT2D eigenvalue weighted by Gasteiger charge is -2.14. The standard InChI is InChI=1S/C14H17FN2O3S/c1-9-3-4-11(5-14(9)15)10(2)17-21(19,20)13-6-12(8-18)16-7-13/h3-7,10,16-18H,8H2,1-2H3. The van der Waals surface area contributed by atoms with Crippen molar-refractivity contribution >= 4 is 10.0 Å². The van der Waals surface area contributed by atoms with Gasteiger partial charge in [0.1, 0.15) is 5.82 Å². The minimum absolute atomic E-state index is 0.0333. The fourth-order valence-corrected chi connectivity index (χ4v) is 3.16. The number of H-pyrrole nitrogens is 1. The summed E-state index contributed by atoms with van der Waals surface area (Å²) in [6.45, 7) is 3.01. The van der Waals surface area contributed by atoms with Crippen LogP contribution in [0.1, 0.15) is 29.8 Å². The molecular weight excluding hydrogens is 295 g/mol. The highest BCUT2D eigenvalue weighted by Gasteiger charge is 2.20. The maximum atomic E-state index is 13.5. The van der Waals surface area contributed by atoms with E-state index >= 15 is 0 Å². The molecule has 2 aromatic rings. The van der Waals surface area contributed by atoms with Crippen LogP contribution in [0, 0.1) is 12.7 Å². The highest BCUT2D eigenvalue weighted by atomic mass is 32.2. The van der Waals surface area contributed by atoms with E-state index in [1.807, 2.05) is 0 Å². The number of nitrogens with one attached hydrogen (secondary N) is 2. The van der Waals surface area contributed by atoms with Gasteiger partial charge in [-0.15, -0.1) is 0 Å². The van der Waals surface area contributed by atoms with Crippen LogP contribution in [-0.2, 0) is 16.6 Å². The summed E-state index contributed by atoms with van der Waals surface area (Å²) in [6, 6.07) is 5.39. The van der Waals surface area contributed by atoms with Crippen molar-refractivity contribution in [3.63, 3.8) is 0 Å². The number of aryl methyl sites for hydroxylation is 1. The largest absolute Gasteiger partial charge is 0.390 e. The Hall–Kier alpha value is -1.70. The predicted octanol–water partition coefficient (Wildman–Crippen LogP) is 1.99. The SMILES string of the molecule is Cc1ccc(C(C)NS(=O)(=O)c2c[nH]c(CO)c2)cc1F. The second-order valence-electron chi connectivity index (χ2n) is 4.87. The van der Waals surface area contributed by atoms with E-state index in [-0.39, 0.29) is 17.3 Å². The Kier molecular flexibility index (Phi) is 4.46. The molecule has 0 saturated heterocycles. The van der Waals surface area contributed by atoms with Crippen molar-refractivity contribution < 1.29 is 17.9 Å². The van der Waals surface area contributed by atoms with E-state index in [4.69, 9.17) is 5.11 Å². The average molecular weight is 312 g/mol. The monoisotopic (exact) mass is 312 g/mol. The molecule has 0 amide bonds. The first-order chi connectivity index (χ1) is 9.83. The quantitative estimate of drug-likeness (QED) is 0.789. The smallest absolute Gasteiger partial charge is 0.242 e. The third-order valence-electron chi connectivity index (χ3n) is 3.22. The molecule has 1 unspecified atom stereocenters. The van der Waals surface area contributed by atoms with E-state index in [0.717, 1.165) is 0 Å². The van der Waals surface area contributed by atoms with Gasteiger partial charge in [0.15, 0.2) is 0 Å². The Morgan fingerprint density at radius 2 is 2.10 bits per heavy atom. The van der Waals surface area contributed by atoms with Gasteiger partial charge in [-0.1, -0.05) is 12.1 Å². The van der Waals surface area contributed by atoms with Crippen LogP contribution in [0.15, 0.2) is 35.4 Å². The first kappa shape index (κ1) is 15.7. The number of sulfonamides is 1. The van der Waals surface area contributed by atoms with Gasteiger partial charge >= 0.3 is 0 Å². The summed E-state index contributed by atoms with van der Waals surface area (Å²) in [5, 5.41) is 8.94. The Morgan fingerprint density at radius 1 is 1.38 bits per heavy atom. The van der Waals surface area contributed by atoms with Gasteiger partial charge in [-0.2, -0.15) is 0 Å². The molecule has 21 heavy (non-hydrogen) atoms. The zero-order valence-corrected chi connectivity index (χ0v) is 12.5. The summed E-state index contributed by atoms with van der Waals surface area (Å²) in [4.78, 5) is 2.70. The van der Waals surface area contributed by atoms with E-state index in [9.17, 15) is 12.8 Å². The maximum absolute atomic E-state index is 13.5. The van der Waals surface area contributed by atoms with Crippen molar-refractivity contribution in [2.24, 2.45) is 0 Å². The number of aliphatic hydroxyl groups is 1. The molecule has 0 saturated carbocycles.